The molecule has 2 aromatic rings. The highest BCUT2D eigenvalue weighted by Crippen LogP contribution is 2.24. The Kier molecular flexibility index (Phi) is 4.98. The average molecular weight is 324 g/mol. The maximum absolute atomic E-state index is 10.9. The number of morpholine rings is 1. The molecule has 0 unspecified atom stereocenters. The first kappa shape index (κ1) is 16.3. The highest BCUT2D eigenvalue weighted by molar-refractivity contribution is 6.36. The van der Waals surface area contributed by atoms with Crippen molar-refractivity contribution in [1.29, 1.82) is 5.41 Å². The molecular weight excluding hydrogens is 304 g/mol. The van der Waals surface area contributed by atoms with Crippen LogP contribution in [0.1, 0.15) is 11.1 Å². The molecule has 6 nitrogen and oxygen atoms in total. The standard InChI is InChI=1S/C18H20N4O2/c19-17-2-1-14(8-16(17)18(20)12-23)15-7-13(9-21-10-15)11-22-3-5-24-6-4-22/h1-2,7-10,12,20H,3-6,11,19H2. The third-order valence-corrected chi connectivity index (χ3v) is 4.10. The molecule has 24 heavy (non-hydrogen) atoms. The van der Waals surface area contributed by atoms with Crippen molar-refractivity contribution in [3.63, 3.8) is 0 Å². The van der Waals surface area contributed by atoms with Crippen molar-refractivity contribution in [2.24, 2.45) is 0 Å². The predicted molar refractivity (Wildman–Crippen MR) is 93.1 cm³/mol. The van der Waals surface area contributed by atoms with E-state index in [1.54, 1.807) is 18.3 Å². The zero-order valence-electron chi connectivity index (χ0n) is 13.4. The number of rotatable bonds is 5. The summed E-state index contributed by atoms with van der Waals surface area (Å²) in [5.41, 5.74) is 9.57. The smallest absolute Gasteiger partial charge is 0.168 e. The quantitative estimate of drug-likeness (QED) is 0.496. The van der Waals surface area contributed by atoms with E-state index in [9.17, 15) is 4.79 Å². The lowest BCUT2D eigenvalue weighted by atomic mass is 10.00. The number of hydrogen-bond acceptors (Lipinski definition) is 6. The van der Waals surface area contributed by atoms with Gasteiger partial charge in [0, 0.05) is 48.8 Å². The monoisotopic (exact) mass is 324 g/mol. The Balaban J connectivity index is 1.85. The molecular formula is C18H20N4O2. The zero-order valence-corrected chi connectivity index (χ0v) is 13.4. The average Bonchev–Trinajstić information content (AvgIpc) is 2.62. The maximum atomic E-state index is 10.9. The van der Waals surface area contributed by atoms with Crippen LogP contribution in [0.4, 0.5) is 5.69 Å². The molecule has 3 rings (SSSR count). The maximum Gasteiger partial charge on any atom is 0.168 e. The fraction of sp³-hybridized carbons (Fsp3) is 0.278. The van der Waals surface area contributed by atoms with Gasteiger partial charge in [0.2, 0.25) is 0 Å². The molecule has 0 atom stereocenters. The summed E-state index contributed by atoms with van der Waals surface area (Å²) in [6.07, 6.45) is 4.15. The Bertz CT molecular complexity index is 754. The van der Waals surface area contributed by atoms with Crippen LogP contribution >= 0.6 is 0 Å². The normalized spacial score (nSPS) is 15.2. The number of carbonyl (C=O) groups excluding carboxylic acids is 1. The van der Waals surface area contributed by atoms with Gasteiger partial charge in [-0.05, 0) is 29.3 Å². The number of anilines is 1. The Hall–Kier alpha value is -2.57. The first-order chi connectivity index (χ1) is 11.7. The second-order valence-corrected chi connectivity index (χ2v) is 5.80. The number of ether oxygens (including phenoxy) is 1. The molecule has 2 heterocycles. The summed E-state index contributed by atoms with van der Waals surface area (Å²) in [4.78, 5) is 17.5. The summed E-state index contributed by atoms with van der Waals surface area (Å²) in [7, 11) is 0. The largest absolute Gasteiger partial charge is 0.398 e. The molecule has 1 aromatic carbocycles. The molecule has 0 amide bonds. The predicted octanol–water partition coefficient (Wildman–Crippen LogP) is 1.73. The molecule has 6 heteroatoms. The van der Waals surface area contributed by atoms with Crippen LogP contribution in [-0.2, 0) is 16.1 Å². The molecule has 3 N–H and O–H groups in total. The van der Waals surface area contributed by atoms with E-state index in [0.717, 1.165) is 49.5 Å². The molecule has 1 aliphatic heterocycles. The molecule has 0 bridgehead atoms. The Labute approximate surface area is 140 Å². The van der Waals surface area contributed by atoms with Crippen LogP contribution in [-0.4, -0.2) is 48.2 Å². The first-order valence-corrected chi connectivity index (χ1v) is 7.85. The third kappa shape index (κ3) is 3.67. The summed E-state index contributed by atoms with van der Waals surface area (Å²) in [6.45, 7) is 4.21. The van der Waals surface area contributed by atoms with Crippen molar-refractivity contribution in [3.8, 4) is 11.1 Å². The van der Waals surface area contributed by atoms with E-state index in [1.165, 1.54) is 0 Å². The number of nitrogens with two attached hydrogens (primary N) is 1. The lowest BCUT2D eigenvalue weighted by Gasteiger charge is -2.26. The number of nitrogens with zero attached hydrogens (tertiary/aromatic N) is 2. The number of carbonyl (C=O) groups is 1. The summed E-state index contributed by atoms with van der Waals surface area (Å²) in [6, 6.07) is 7.45. The molecule has 1 fully saturated rings. The Morgan fingerprint density at radius 2 is 2.04 bits per heavy atom. The lowest BCUT2D eigenvalue weighted by Crippen LogP contribution is -2.35. The van der Waals surface area contributed by atoms with Gasteiger partial charge in [-0.15, -0.1) is 0 Å². The number of nitrogens with one attached hydrogen (secondary N) is 1. The molecule has 0 spiro atoms. The molecule has 1 saturated heterocycles. The van der Waals surface area contributed by atoms with E-state index in [1.807, 2.05) is 12.3 Å². The number of hydrogen-bond donors (Lipinski definition) is 2. The minimum absolute atomic E-state index is 0.119. The molecule has 124 valence electrons. The van der Waals surface area contributed by atoms with Crippen molar-refractivity contribution in [3.05, 3.63) is 47.8 Å². The lowest BCUT2D eigenvalue weighted by molar-refractivity contribution is -0.102. The van der Waals surface area contributed by atoms with Crippen LogP contribution in [0.2, 0.25) is 0 Å². The Morgan fingerprint density at radius 1 is 1.25 bits per heavy atom. The Morgan fingerprint density at radius 3 is 2.79 bits per heavy atom. The molecule has 0 aliphatic carbocycles. The van der Waals surface area contributed by atoms with Crippen LogP contribution in [0.15, 0.2) is 36.7 Å². The number of nitrogen functional groups attached to an aromatic ring is 1. The first-order valence-electron chi connectivity index (χ1n) is 7.85. The van der Waals surface area contributed by atoms with Gasteiger partial charge in [-0.1, -0.05) is 6.07 Å². The second kappa shape index (κ2) is 7.33. The van der Waals surface area contributed by atoms with Gasteiger partial charge in [0.15, 0.2) is 6.29 Å². The fourth-order valence-electron chi connectivity index (χ4n) is 2.78. The topological polar surface area (TPSA) is 92.3 Å². The summed E-state index contributed by atoms with van der Waals surface area (Å²) in [5, 5.41) is 7.71. The fourth-order valence-corrected chi connectivity index (χ4v) is 2.78. The number of aromatic nitrogens is 1. The van der Waals surface area contributed by atoms with E-state index in [2.05, 4.69) is 16.0 Å². The van der Waals surface area contributed by atoms with Crippen LogP contribution in [0, 0.1) is 5.41 Å². The summed E-state index contributed by atoms with van der Waals surface area (Å²) in [5.74, 6) is 0. The van der Waals surface area contributed by atoms with E-state index < -0.39 is 0 Å². The van der Waals surface area contributed by atoms with Gasteiger partial charge in [-0.3, -0.25) is 20.1 Å². The van der Waals surface area contributed by atoms with Crippen molar-refractivity contribution in [2.75, 3.05) is 32.0 Å². The van der Waals surface area contributed by atoms with Crippen LogP contribution in [0.3, 0.4) is 0 Å². The van der Waals surface area contributed by atoms with Gasteiger partial charge in [0.05, 0.1) is 13.2 Å². The van der Waals surface area contributed by atoms with E-state index in [0.29, 0.717) is 17.5 Å². The number of aldehydes is 1. The molecule has 0 saturated carbocycles. The van der Waals surface area contributed by atoms with Gasteiger partial charge >= 0.3 is 0 Å². The van der Waals surface area contributed by atoms with Crippen molar-refractivity contribution in [1.82, 2.24) is 9.88 Å². The molecule has 1 aromatic heterocycles. The van der Waals surface area contributed by atoms with Crippen molar-refractivity contribution < 1.29 is 9.53 Å². The van der Waals surface area contributed by atoms with Crippen LogP contribution in [0.5, 0.6) is 0 Å². The highest BCUT2D eigenvalue weighted by atomic mass is 16.5. The van der Waals surface area contributed by atoms with E-state index in [4.69, 9.17) is 15.9 Å². The van der Waals surface area contributed by atoms with Gasteiger partial charge in [-0.25, -0.2) is 0 Å². The van der Waals surface area contributed by atoms with E-state index in [-0.39, 0.29) is 5.71 Å². The van der Waals surface area contributed by atoms with Gasteiger partial charge in [0.25, 0.3) is 0 Å². The molecule has 0 radical (unpaired) electrons. The zero-order chi connectivity index (χ0) is 16.9. The number of benzene rings is 1. The summed E-state index contributed by atoms with van der Waals surface area (Å²) < 4.78 is 5.37. The minimum Gasteiger partial charge on any atom is -0.398 e. The number of pyridine rings is 1. The van der Waals surface area contributed by atoms with Crippen molar-refractivity contribution >= 4 is 17.7 Å². The SMILES string of the molecule is N=C(C=O)c1cc(-c2cncc(CN3CCOCC3)c2)ccc1N. The highest BCUT2D eigenvalue weighted by Gasteiger charge is 2.12. The van der Waals surface area contributed by atoms with Crippen LogP contribution < -0.4 is 5.73 Å². The van der Waals surface area contributed by atoms with Gasteiger partial charge in [0.1, 0.15) is 5.71 Å². The molecule has 1 aliphatic rings. The van der Waals surface area contributed by atoms with Gasteiger partial charge in [-0.2, -0.15) is 0 Å². The third-order valence-electron chi connectivity index (χ3n) is 4.10. The second-order valence-electron chi connectivity index (χ2n) is 5.80. The van der Waals surface area contributed by atoms with Gasteiger partial charge < -0.3 is 10.5 Å². The van der Waals surface area contributed by atoms with Crippen LogP contribution in [0.25, 0.3) is 11.1 Å². The van der Waals surface area contributed by atoms with Crippen molar-refractivity contribution in [2.45, 2.75) is 6.54 Å². The van der Waals surface area contributed by atoms with E-state index >= 15 is 0 Å². The summed E-state index contributed by atoms with van der Waals surface area (Å²) >= 11 is 0. The minimum atomic E-state index is -0.119.